The van der Waals surface area contributed by atoms with E-state index in [2.05, 4.69) is 36.1 Å². The lowest BCUT2D eigenvalue weighted by atomic mass is 10.0. The molecule has 3 N–H and O–H groups in total. The van der Waals surface area contributed by atoms with Crippen LogP contribution in [0.1, 0.15) is 45.9 Å². The van der Waals surface area contributed by atoms with Crippen molar-refractivity contribution in [3.8, 4) is 0 Å². The molecule has 4 heteroatoms. The Morgan fingerprint density at radius 3 is 2.53 bits per heavy atom. The third-order valence-corrected chi connectivity index (χ3v) is 2.99. The molecule has 1 heterocycles. The van der Waals surface area contributed by atoms with Crippen molar-refractivity contribution >= 4 is 11.6 Å². The van der Waals surface area contributed by atoms with Crippen LogP contribution in [0.15, 0.2) is 6.07 Å². The fourth-order valence-corrected chi connectivity index (χ4v) is 1.77. The molecule has 1 rings (SSSR count). The summed E-state index contributed by atoms with van der Waals surface area (Å²) in [6, 6.07) is 1.81. The van der Waals surface area contributed by atoms with Gasteiger partial charge in [0, 0.05) is 19.0 Å². The molecular weight excluding hydrogens is 212 g/mol. The first kappa shape index (κ1) is 13.7. The lowest BCUT2D eigenvalue weighted by Crippen LogP contribution is -2.14. The van der Waals surface area contributed by atoms with E-state index < -0.39 is 0 Å². The minimum atomic E-state index is 0.551. The van der Waals surface area contributed by atoms with Crippen molar-refractivity contribution in [1.82, 2.24) is 9.97 Å². The van der Waals surface area contributed by atoms with Crippen molar-refractivity contribution in [2.45, 2.75) is 46.5 Å². The Kier molecular flexibility index (Phi) is 5.73. The number of nitrogen functional groups attached to an aromatic ring is 1. The average Bonchev–Trinajstić information content (AvgIpc) is 2.30. The maximum Gasteiger partial charge on any atom is 0.133 e. The summed E-state index contributed by atoms with van der Waals surface area (Å²) in [6.45, 7) is 7.50. The van der Waals surface area contributed by atoms with E-state index >= 15 is 0 Å². The van der Waals surface area contributed by atoms with Crippen molar-refractivity contribution in [1.29, 1.82) is 0 Å². The minimum Gasteiger partial charge on any atom is -0.384 e. The van der Waals surface area contributed by atoms with E-state index in [4.69, 9.17) is 5.73 Å². The maximum atomic E-state index is 5.77. The van der Waals surface area contributed by atoms with Gasteiger partial charge in [-0.3, -0.25) is 0 Å². The molecule has 17 heavy (non-hydrogen) atoms. The van der Waals surface area contributed by atoms with E-state index in [9.17, 15) is 0 Å². The van der Waals surface area contributed by atoms with Crippen LogP contribution in [0.3, 0.4) is 0 Å². The summed E-state index contributed by atoms with van der Waals surface area (Å²) < 4.78 is 0. The summed E-state index contributed by atoms with van der Waals surface area (Å²) in [5, 5.41) is 3.36. The molecule has 0 fully saturated rings. The number of aromatic nitrogens is 2. The van der Waals surface area contributed by atoms with Gasteiger partial charge in [0.05, 0.1) is 0 Å². The molecule has 0 bridgehead atoms. The third-order valence-electron chi connectivity index (χ3n) is 2.99. The summed E-state index contributed by atoms with van der Waals surface area (Å²) in [5.74, 6) is 2.93. The second kappa shape index (κ2) is 7.09. The van der Waals surface area contributed by atoms with Crippen molar-refractivity contribution < 1.29 is 0 Å². The molecule has 1 aromatic rings. The van der Waals surface area contributed by atoms with Crippen LogP contribution in [0.4, 0.5) is 11.6 Å². The third kappa shape index (κ3) is 4.59. The summed E-state index contributed by atoms with van der Waals surface area (Å²) in [7, 11) is 0. The maximum absolute atomic E-state index is 5.77. The molecule has 0 amide bonds. The second-order valence-corrected chi connectivity index (χ2v) is 4.41. The molecule has 0 saturated carbocycles. The molecule has 0 spiro atoms. The summed E-state index contributed by atoms with van der Waals surface area (Å²) in [5.41, 5.74) is 5.77. The van der Waals surface area contributed by atoms with Gasteiger partial charge in [-0.25, -0.2) is 9.97 Å². The van der Waals surface area contributed by atoms with Gasteiger partial charge in [0.25, 0.3) is 0 Å². The molecule has 0 atom stereocenters. The van der Waals surface area contributed by atoms with Crippen LogP contribution in [0.2, 0.25) is 0 Å². The average molecular weight is 236 g/mol. The van der Waals surface area contributed by atoms with E-state index in [-0.39, 0.29) is 0 Å². The molecule has 0 unspecified atom stereocenters. The molecule has 0 aromatic carbocycles. The molecular formula is C13H24N4. The van der Waals surface area contributed by atoms with E-state index in [1.165, 1.54) is 12.8 Å². The van der Waals surface area contributed by atoms with Crippen LogP contribution in [-0.4, -0.2) is 16.5 Å². The number of nitrogens with one attached hydrogen (secondary N) is 1. The first-order valence-corrected chi connectivity index (χ1v) is 6.56. The van der Waals surface area contributed by atoms with Crippen molar-refractivity contribution in [3.63, 3.8) is 0 Å². The summed E-state index contributed by atoms with van der Waals surface area (Å²) >= 11 is 0. The molecule has 0 aliphatic carbocycles. The molecule has 96 valence electrons. The van der Waals surface area contributed by atoms with Crippen molar-refractivity contribution in [2.75, 3.05) is 17.6 Å². The Balaban J connectivity index is 2.63. The largest absolute Gasteiger partial charge is 0.384 e. The number of nitrogens with zero attached hydrogens (tertiary/aromatic N) is 2. The number of hydrogen-bond donors (Lipinski definition) is 2. The van der Waals surface area contributed by atoms with E-state index in [1.54, 1.807) is 0 Å². The highest BCUT2D eigenvalue weighted by molar-refractivity contribution is 5.44. The highest BCUT2D eigenvalue weighted by Gasteiger charge is 2.05. The van der Waals surface area contributed by atoms with Crippen molar-refractivity contribution in [3.05, 3.63) is 11.9 Å². The standard InChI is InChI=1S/C13H24N4/c1-4-7-12-16-11(14)8-13(17-12)15-9-10(5-2)6-3/h8,10H,4-7,9H2,1-3H3,(H3,14,15,16,17). The van der Waals surface area contributed by atoms with Gasteiger partial charge in [-0.05, 0) is 12.3 Å². The van der Waals surface area contributed by atoms with Gasteiger partial charge in [0.2, 0.25) is 0 Å². The number of nitrogens with two attached hydrogens (primary N) is 1. The lowest BCUT2D eigenvalue weighted by Gasteiger charge is -2.14. The molecule has 4 nitrogen and oxygen atoms in total. The number of aryl methyl sites for hydroxylation is 1. The second-order valence-electron chi connectivity index (χ2n) is 4.41. The zero-order valence-corrected chi connectivity index (χ0v) is 11.2. The highest BCUT2D eigenvalue weighted by atomic mass is 15.0. The quantitative estimate of drug-likeness (QED) is 0.764. The van der Waals surface area contributed by atoms with E-state index in [1.807, 2.05) is 6.07 Å². The fourth-order valence-electron chi connectivity index (χ4n) is 1.77. The zero-order chi connectivity index (χ0) is 12.7. The molecule has 0 saturated heterocycles. The smallest absolute Gasteiger partial charge is 0.133 e. The first-order valence-electron chi connectivity index (χ1n) is 6.56. The van der Waals surface area contributed by atoms with Gasteiger partial charge in [0.15, 0.2) is 0 Å². The Morgan fingerprint density at radius 1 is 1.24 bits per heavy atom. The molecule has 0 aliphatic heterocycles. The first-order chi connectivity index (χ1) is 8.19. The predicted octanol–water partition coefficient (Wildman–Crippen LogP) is 2.86. The fraction of sp³-hybridized carbons (Fsp3) is 0.692. The van der Waals surface area contributed by atoms with Crippen molar-refractivity contribution in [2.24, 2.45) is 5.92 Å². The van der Waals surface area contributed by atoms with Gasteiger partial charge in [-0.2, -0.15) is 0 Å². The van der Waals surface area contributed by atoms with Crippen LogP contribution < -0.4 is 11.1 Å². The van der Waals surface area contributed by atoms with Gasteiger partial charge in [0.1, 0.15) is 17.5 Å². The summed E-state index contributed by atoms with van der Waals surface area (Å²) in [4.78, 5) is 8.68. The SMILES string of the molecule is CCCc1nc(N)cc(NCC(CC)CC)n1. The van der Waals surface area contributed by atoms with Crippen LogP contribution in [-0.2, 0) is 6.42 Å². The number of hydrogen-bond acceptors (Lipinski definition) is 4. The Morgan fingerprint density at radius 2 is 1.94 bits per heavy atom. The van der Waals surface area contributed by atoms with Crippen LogP contribution in [0, 0.1) is 5.92 Å². The zero-order valence-electron chi connectivity index (χ0n) is 11.2. The monoisotopic (exact) mass is 236 g/mol. The highest BCUT2D eigenvalue weighted by Crippen LogP contribution is 2.12. The Hall–Kier alpha value is -1.32. The van der Waals surface area contributed by atoms with Crippen LogP contribution >= 0.6 is 0 Å². The predicted molar refractivity (Wildman–Crippen MR) is 73.0 cm³/mol. The lowest BCUT2D eigenvalue weighted by molar-refractivity contribution is 0.518. The van der Waals surface area contributed by atoms with Crippen LogP contribution in [0.25, 0.3) is 0 Å². The summed E-state index contributed by atoms with van der Waals surface area (Å²) in [6.07, 6.45) is 4.29. The van der Waals surface area contributed by atoms with Gasteiger partial charge in [-0.15, -0.1) is 0 Å². The topological polar surface area (TPSA) is 63.8 Å². The molecule has 1 aromatic heterocycles. The van der Waals surface area contributed by atoms with E-state index in [0.717, 1.165) is 31.0 Å². The van der Waals surface area contributed by atoms with Crippen LogP contribution in [0.5, 0.6) is 0 Å². The number of anilines is 2. The molecule has 0 radical (unpaired) electrons. The van der Waals surface area contributed by atoms with Gasteiger partial charge in [-0.1, -0.05) is 33.6 Å². The normalized spacial score (nSPS) is 10.8. The van der Waals surface area contributed by atoms with Gasteiger partial charge >= 0.3 is 0 Å². The molecule has 0 aliphatic rings. The Labute approximate surface area is 104 Å². The van der Waals surface area contributed by atoms with Gasteiger partial charge < -0.3 is 11.1 Å². The minimum absolute atomic E-state index is 0.551. The Bertz CT molecular complexity index is 334. The number of rotatable bonds is 7. The van der Waals surface area contributed by atoms with E-state index in [0.29, 0.717) is 11.7 Å².